The van der Waals surface area contributed by atoms with Crippen molar-refractivity contribution >= 4 is 21.8 Å². The van der Waals surface area contributed by atoms with E-state index in [9.17, 15) is 4.79 Å². The second-order valence-electron chi connectivity index (χ2n) is 4.91. The van der Waals surface area contributed by atoms with Crippen molar-refractivity contribution in [2.24, 2.45) is 0 Å². The summed E-state index contributed by atoms with van der Waals surface area (Å²) in [4.78, 5) is 16.3. The van der Waals surface area contributed by atoms with Gasteiger partial charge in [-0.3, -0.25) is 9.78 Å². The summed E-state index contributed by atoms with van der Waals surface area (Å²) in [6, 6.07) is 6.00. The Balaban J connectivity index is 1.95. The van der Waals surface area contributed by atoms with Crippen molar-refractivity contribution in [2.75, 3.05) is 6.54 Å². The molecule has 0 saturated heterocycles. The molecule has 5 heteroatoms. The van der Waals surface area contributed by atoms with E-state index in [-0.39, 0.29) is 11.9 Å². The summed E-state index contributed by atoms with van der Waals surface area (Å²) in [5.74, 6) is -0.0479. The molecule has 0 aliphatic heterocycles. The van der Waals surface area contributed by atoms with Crippen LogP contribution in [0.5, 0.6) is 0 Å². The van der Waals surface area contributed by atoms with Crippen molar-refractivity contribution in [3.8, 4) is 0 Å². The largest absolute Gasteiger partial charge is 0.350 e. The lowest BCUT2D eigenvalue weighted by molar-refractivity contribution is 0.0943. The van der Waals surface area contributed by atoms with Crippen LogP contribution in [0.1, 0.15) is 35.9 Å². The summed E-state index contributed by atoms with van der Waals surface area (Å²) in [5.41, 5.74) is 1.80. The lowest BCUT2D eigenvalue weighted by Crippen LogP contribution is -2.28. The fourth-order valence-electron chi connectivity index (χ4n) is 2.01. The molecule has 0 unspecified atom stereocenters. The molecular formula is C15H18BrN3O. The minimum Gasteiger partial charge on any atom is -0.350 e. The number of hydrogen-bond acceptors (Lipinski definition) is 2. The molecule has 0 fully saturated rings. The van der Waals surface area contributed by atoms with E-state index in [0.717, 1.165) is 16.5 Å². The highest BCUT2D eigenvalue weighted by atomic mass is 79.9. The number of carbonyl (C=O) groups is 1. The molecule has 2 aromatic heterocycles. The number of aromatic nitrogens is 2. The van der Waals surface area contributed by atoms with E-state index in [0.29, 0.717) is 12.2 Å². The first kappa shape index (κ1) is 14.8. The monoisotopic (exact) mass is 335 g/mol. The molecule has 106 valence electrons. The molecule has 0 spiro atoms. The van der Waals surface area contributed by atoms with Gasteiger partial charge in [-0.25, -0.2) is 0 Å². The minimum absolute atomic E-state index is 0.0479. The molecular weight excluding hydrogens is 318 g/mol. The minimum atomic E-state index is -0.0479. The van der Waals surface area contributed by atoms with E-state index in [1.807, 2.05) is 35.2 Å². The average molecular weight is 336 g/mol. The van der Waals surface area contributed by atoms with Gasteiger partial charge >= 0.3 is 0 Å². The predicted molar refractivity (Wildman–Crippen MR) is 82.8 cm³/mol. The fourth-order valence-corrected chi connectivity index (χ4v) is 2.45. The molecule has 0 aliphatic rings. The number of rotatable bonds is 5. The van der Waals surface area contributed by atoms with E-state index >= 15 is 0 Å². The third kappa shape index (κ3) is 3.70. The van der Waals surface area contributed by atoms with Gasteiger partial charge in [-0.1, -0.05) is 6.07 Å². The Hall–Kier alpha value is -1.62. The molecule has 0 saturated carbocycles. The van der Waals surface area contributed by atoms with Crippen LogP contribution in [0.3, 0.4) is 0 Å². The normalized spacial score (nSPS) is 10.8. The van der Waals surface area contributed by atoms with Gasteiger partial charge in [0.15, 0.2) is 0 Å². The van der Waals surface area contributed by atoms with Crippen LogP contribution >= 0.6 is 15.9 Å². The summed E-state index contributed by atoms with van der Waals surface area (Å²) in [6.07, 6.45) is 6.28. The van der Waals surface area contributed by atoms with E-state index < -0.39 is 0 Å². The van der Waals surface area contributed by atoms with Gasteiger partial charge in [0.1, 0.15) is 5.69 Å². The van der Waals surface area contributed by atoms with Crippen LogP contribution in [-0.4, -0.2) is 22.0 Å². The number of hydrogen-bond donors (Lipinski definition) is 1. The quantitative estimate of drug-likeness (QED) is 0.911. The van der Waals surface area contributed by atoms with Gasteiger partial charge in [-0.05, 0) is 53.9 Å². The van der Waals surface area contributed by atoms with Crippen LogP contribution < -0.4 is 5.32 Å². The molecule has 2 rings (SSSR count). The van der Waals surface area contributed by atoms with Gasteiger partial charge in [-0.15, -0.1) is 0 Å². The molecule has 0 aliphatic carbocycles. The Bertz CT molecular complexity index is 578. The highest BCUT2D eigenvalue weighted by Gasteiger charge is 2.14. The highest BCUT2D eigenvalue weighted by molar-refractivity contribution is 9.10. The van der Waals surface area contributed by atoms with Crippen molar-refractivity contribution in [1.29, 1.82) is 0 Å². The van der Waals surface area contributed by atoms with Crippen molar-refractivity contribution in [2.45, 2.75) is 26.3 Å². The molecule has 2 heterocycles. The number of amides is 1. The summed E-state index contributed by atoms with van der Waals surface area (Å²) < 4.78 is 2.88. The molecule has 2 aromatic rings. The van der Waals surface area contributed by atoms with Gasteiger partial charge in [0, 0.05) is 35.6 Å². The highest BCUT2D eigenvalue weighted by Crippen LogP contribution is 2.19. The van der Waals surface area contributed by atoms with Crippen LogP contribution in [0.25, 0.3) is 0 Å². The SMILES string of the molecule is CC(C)n1cc(Br)cc1C(=O)NCCc1cccnc1. The zero-order valence-electron chi connectivity index (χ0n) is 11.6. The van der Waals surface area contributed by atoms with Crippen LogP contribution in [0, 0.1) is 0 Å². The Kier molecular flexibility index (Phi) is 4.95. The maximum atomic E-state index is 12.2. The predicted octanol–water partition coefficient (Wildman–Crippen LogP) is 3.20. The third-order valence-electron chi connectivity index (χ3n) is 3.03. The second-order valence-corrected chi connectivity index (χ2v) is 5.83. The third-order valence-corrected chi connectivity index (χ3v) is 3.46. The Morgan fingerprint density at radius 2 is 2.30 bits per heavy atom. The fraction of sp³-hybridized carbons (Fsp3) is 0.333. The van der Waals surface area contributed by atoms with Crippen LogP contribution in [0.4, 0.5) is 0 Å². The number of nitrogens with one attached hydrogen (secondary N) is 1. The summed E-state index contributed by atoms with van der Waals surface area (Å²) >= 11 is 3.42. The topological polar surface area (TPSA) is 46.9 Å². The van der Waals surface area contributed by atoms with Crippen molar-refractivity contribution in [3.63, 3.8) is 0 Å². The summed E-state index contributed by atoms with van der Waals surface area (Å²) in [6.45, 7) is 4.71. The average Bonchev–Trinajstić information content (AvgIpc) is 2.82. The van der Waals surface area contributed by atoms with Gasteiger partial charge in [-0.2, -0.15) is 0 Å². The standard InChI is InChI=1S/C15H18BrN3O/c1-11(2)19-10-13(16)8-14(19)15(20)18-7-5-12-4-3-6-17-9-12/h3-4,6,8-11H,5,7H2,1-2H3,(H,18,20). The zero-order valence-corrected chi connectivity index (χ0v) is 13.2. The number of halogens is 1. The number of carbonyl (C=O) groups excluding carboxylic acids is 1. The number of pyridine rings is 1. The smallest absolute Gasteiger partial charge is 0.267 e. The van der Waals surface area contributed by atoms with Crippen molar-refractivity contribution in [1.82, 2.24) is 14.9 Å². The lowest BCUT2D eigenvalue weighted by Gasteiger charge is -2.12. The van der Waals surface area contributed by atoms with E-state index in [2.05, 4.69) is 40.1 Å². The molecule has 0 atom stereocenters. The maximum absolute atomic E-state index is 12.2. The molecule has 20 heavy (non-hydrogen) atoms. The molecule has 0 radical (unpaired) electrons. The van der Waals surface area contributed by atoms with E-state index in [4.69, 9.17) is 0 Å². The van der Waals surface area contributed by atoms with Crippen LogP contribution in [0.2, 0.25) is 0 Å². The molecule has 4 nitrogen and oxygen atoms in total. The summed E-state index contributed by atoms with van der Waals surface area (Å²) in [7, 11) is 0. The molecule has 1 amide bonds. The molecule has 0 bridgehead atoms. The first-order valence-electron chi connectivity index (χ1n) is 6.62. The van der Waals surface area contributed by atoms with Gasteiger partial charge in [0.25, 0.3) is 5.91 Å². The van der Waals surface area contributed by atoms with Crippen LogP contribution in [-0.2, 0) is 6.42 Å². The molecule has 0 aromatic carbocycles. The number of nitrogens with zero attached hydrogens (tertiary/aromatic N) is 2. The first-order chi connectivity index (χ1) is 9.58. The Morgan fingerprint density at radius 3 is 2.95 bits per heavy atom. The van der Waals surface area contributed by atoms with Gasteiger partial charge < -0.3 is 9.88 Å². The van der Waals surface area contributed by atoms with Gasteiger partial charge in [0.05, 0.1) is 0 Å². The second kappa shape index (κ2) is 6.70. The van der Waals surface area contributed by atoms with Crippen molar-refractivity contribution in [3.05, 3.63) is 52.5 Å². The Labute approximate surface area is 127 Å². The molecule has 1 N–H and O–H groups in total. The van der Waals surface area contributed by atoms with Crippen LogP contribution in [0.15, 0.2) is 41.3 Å². The zero-order chi connectivity index (χ0) is 14.5. The Morgan fingerprint density at radius 1 is 1.50 bits per heavy atom. The van der Waals surface area contributed by atoms with E-state index in [1.54, 1.807) is 6.20 Å². The lowest BCUT2D eigenvalue weighted by atomic mass is 10.2. The van der Waals surface area contributed by atoms with Gasteiger partial charge in [0.2, 0.25) is 0 Å². The maximum Gasteiger partial charge on any atom is 0.267 e. The van der Waals surface area contributed by atoms with Crippen molar-refractivity contribution < 1.29 is 4.79 Å². The first-order valence-corrected chi connectivity index (χ1v) is 7.41. The van der Waals surface area contributed by atoms with E-state index in [1.165, 1.54) is 0 Å². The summed E-state index contributed by atoms with van der Waals surface area (Å²) in [5, 5.41) is 2.95.